The number of aliphatic carboxylic acids is 1. The molecule has 2 aromatic carbocycles. The maximum absolute atomic E-state index is 12.1. The SMILES string of the molecule is COc1ccc(C2CC(=O)C=C(Nc3ccc(CC(=O)O)cc3)C2)cc1. The second-order valence-corrected chi connectivity index (χ2v) is 6.41. The molecular formula is C21H21NO4. The van der Waals surface area contributed by atoms with E-state index in [0.29, 0.717) is 6.42 Å². The first-order valence-corrected chi connectivity index (χ1v) is 8.48. The van der Waals surface area contributed by atoms with E-state index in [0.717, 1.165) is 34.7 Å². The predicted octanol–water partition coefficient (Wildman–Crippen LogP) is 3.76. The molecule has 2 N–H and O–H groups in total. The van der Waals surface area contributed by atoms with Crippen LogP contribution in [0.1, 0.15) is 29.9 Å². The van der Waals surface area contributed by atoms with E-state index in [1.54, 1.807) is 25.3 Å². The van der Waals surface area contributed by atoms with Crippen molar-refractivity contribution in [3.05, 3.63) is 71.4 Å². The summed E-state index contributed by atoms with van der Waals surface area (Å²) in [4.78, 5) is 22.9. The summed E-state index contributed by atoms with van der Waals surface area (Å²) in [6.45, 7) is 0. The van der Waals surface area contributed by atoms with Gasteiger partial charge in [0.1, 0.15) is 5.75 Å². The molecule has 1 aliphatic rings. The molecule has 5 nitrogen and oxygen atoms in total. The fourth-order valence-electron chi connectivity index (χ4n) is 3.16. The lowest BCUT2D eigenvalue weighted by molar-refractivity contribution is -0.136. The normalized spacial score (nSPS) is 16.7. The molecule has 0 radical (unpaired) electrons. The van der Waals surface area contributed by atoms with Gasteiger partial charge in [-0.2, -0.15) is 0 Å². The number of hydrogen-bond acceptors (Lipinski definition) is 4. The minimum absolute atomic E-state index is 0.000998. The average molecular weight is 351 g/mol. The smallest absolute Gasteiger partial charge is 0.307 e. The molecule has 0 spiro atoms. The minimum Gasteiger partial charge on any atom is -0.497 e. The summed E-state index contributed by atoms with van der Waals surface area (Å²) < 4.78 is 5.18. The Hall–Kier alpha value is -3.08. The van der Waals surface area contributed by atoms with Crippen molar-refractivity contribution >= 4 is 17.4 Å². The molecule has 0 fully saturated rings. The van der Waals surface area contributed by atoms with Crippen LogP contribution in [-0.2, 0) is 16.0 Å². The fourth-order valence-corrected chi connectivity index (χ4v) is 3.16. The second-order valence-electron chi connectivity index (χ2n) is 6.41. The number of allylic oxidation sites excluding steroid dienone is 2. The number of ether oxygens (including phenoxy) is 1. The lowest BCUT2D eigenvalue weighted by Gasteiger charge is -2.23. The number of rotatable bonds is 6. The van der Waals surface area contributed by atoms with Gasteiger partial charge in [-0.05, 0) is 47.7 Å². The number of anilines is 1. The number of nitrogens with one attached hydrogen (secondary N) is 1. The molecule has 0 amide bonds. The number of ketones is 1. The quantitative estimate of drug-likeness (QED) is 0.829. The lowest BCUT2D eigenvalue weighted by atomic mass is 9.85. The topological polar surface area (TPSA) is 75.6 Å². The molecule has 134 valence electrons. The third kappa shape index (κ3) is 4.51. The highest BCUT2D eigenvalue weighted by Gasteiger charge is 2.22. The summed E-state index contributed by atoms with van der Waals surface area (Å²) in [6.07, 6.45) is 2.90. The van der Waals surface area contributed by atoms with E-state index >= 15 is 0 Å². The van der Waals surface area contributed by atoms with Crippen LogP contribution in [0.25, 0.3) is 0 Å². The van der Waals surface area contributed by atoms with Crippen molar-refractivity contribution in [3.8, 4) is 5.75 Å². The summed E-state index contributed by atoms with van der Waals surface area (Å²) >= 11 is 0. The highest BCUT2D eigenvalue weighted by molar-refractivity contribution is 5.92. The Bertz CT molecular complexity index is 822. The Morgan fingerprint density at radius 3 is 2.42 bits per heavy atom. The number of carboxylic acids is 1. The van der Waals surface area contributed by atoms with E-state index < -0.39 is 5.97 Å². The van der Waals surface area contributed by atoms with Crippen molar-refractivity contribution in [2.24, 2.45) is 0 Å². The van der Waals surface area contributed by atoms with Crippen LogP contribution in [0.4, 0.5) is 5.69 Å². The van der Waals surface area contributed by atoms with E-state index in [9.17, 15) is 9.59 Å². The summed E-state index contributed by atoms with van der Waals surface area (Å²) in [5.74, 6) is 0.175. The van der Waals surface area contributed by atoms with Gasteiger partial charge in [-0.3, -0.25) is 9.59 Å². The molecule has 3 rings (SSSR count). The zero-order chi connectivity index (χ0) is 18.5. The fraction of sp³-hybridized carbons (Fsp3) is 0.238. The molecule has 0 saturated carbocycles. The number of carboxylic acid groups (broad SMARTS) is 1. The molecule has 1 aliphatic carbocycles. The second kappa shape index (κ2) is 7.87. The number of hydrogen-bond donors (Lipinski definition) is 2. The molecule has 0 saturated heterocycles. The Kier molecular flexibility index (Phi) is 5.37. The van der Waals surface area contributed by atoms with Gasteiger partial charge < -0.3 is 15.2 Å². The van der Waals surface area contributed by atoms with Gasteiger partial charge in [-0.15, -0.1) is 0 Å². The van der Waals surface area contributed by atoms with Crippen LogP contribution in [0.3, 0.4) is 0 Å². The summed E-state index contributed by atoms with van der Waals surface area (Å²) in [6, 6.07) is 15.0. The van der Waals surface area contributed by atoms with Crippen molar-refractivity contribution in [3.63, 3.8) is 0 Å². The molecule has 0 bridgehead atoms. The third-order valence-electron chi connectivity index (χ3n) is 4.45. The van der Waals surface area contributed by atoms with E-state index in [-0.39, 0.29) is 18.1 Å². The highest BCUT2D eigenvalue weighted by atomic mass is 16.5. The summed E-state index contributed by atoms with van der Waals surface area (Å²) in [7, 11) is 1.63. The number of methoxy groups -OCH3 is 1. The van der Waals surface area contributed by atoms with Crippen LogP contribution in [-0.4, -0.2) is 24.0 Å². The van der Waals surface area contributed by atoms with Crippen molar-refractivity contribution in [1.82, 2.24) is 0 Å². The van der Waals surface area contributed by atoms with Crippen molar-refractivity contribution in [1.29, 1.82) is 0 Å². The Morgan fingerprint density at radius 1 is 1.12 bits per heavy atom. The first-order chi connectivity index (χ1) is 12.5. The molecule has 1 unspecified atom stereocenters. The molecule has 2 aromatic rings. The van der Waals surface area contributed by atoms with Crippen molar-refractivity contribution in [2.75, 3.05) is 12.4 Å². The van der Waals surface area contributed by atoms with Gasteiger partial charge in [0.15, 0.2) is 5.78 Å². The van der Waals surface area contributed by atoms with Crippen LogP contribution >= 0.6 is 0 Å². The average Bonchev–Trinajstić information content (AvgIpc) is 2.62. The summed E-state index contributed by atoms with van der Waals surface area (Å²) in [5, 5.41) is 12.1. The maximum Gasteiger partial charge on any atom is 0.307 e. The van der Waals surface area contributed by atoms with Crippen molar-refractivity contribution in [2.45, 2.75) is 25.2 Å². The van der Waals surface area contributed by atoms with Crippen LogP contribution in [0, 0.1) is 0 Å². The van der Waals surface area contributed by atoms with Crippen LogP contribution in [0.15, 0.2) is 60.3 Å². The molecule has 0 aromatic heterocycles. The zero-order valence-electron chi connectivity index (χ0n) is 14.6. The van der Waals surface area contributed by atoms with Crippen LogP contribution in [0.5, 0.6) is 5.75 Å². The van der Waals surface area contributed by atoms with E-state index in [1.807, 2.05) is 36.4 Å². The van der Waals surface area contributed by atoms with Gasteiger partial charge >= 0.3 is 5.97 Å². The molecule has 26 heavy (non-hydrogen) atoms. The maximum atomic E-state index is 12.1. The first kappa shape index (κ1) is 17.7. The zero-order valence-corrected chi connectivity index (χ0v) is 14.6. The molecule has 0 aliphatic heterocycles. The van der Waals surface area contributed by atoms with Gasteiger partial charge in [0.05, 0.1) is 13.5 Å². The monoisotopic (exact) mass is 351 g/mol. The number of benzene rings is 2. The first-order valence-electron chi connectivity index (χ1n) is 8.48. The minimum atomic E-state index is -0.853. The van der Waals surface area contributed by atoms with Gasteiger partial charge in [-0.1, -0.05) is 24.3 Å². The van der Waals surface area contributed by atoms with Gasteiger partial charge in [0, 0.05) is 23.9 Å². The van der Waals surface area contributed by atoms with E-state index in [4.69, 9.17) is 9.84 Å². The van der Waals surface area contributed by atoms with Gasteiger partial charge in [0.25, 0.3) is 0 Å². The van der Waals surface area contributed by atoms with E-state index in [2.05, 4.69) is 5.32 Å². The largest absolute Gasteiger partial charge is 0.497 e. The van der Waals surface area contributed by atoms with Gasteiger partial charge in [-0.25, -0.2) is 0 Å². The Balaban J connectivity index is 1.69. The third-order valence-corrected chi connectivity index (χ3v) is 4.45. The van der Waals surface area contributed by atoms with E-state index in [1.165, 1.54) is 0 Å². The molecular weight excluding hydrogens is 330 g/mol. The number of carbonyl (C=O) groups is 2. The van der Waals surface area contributed by atoms with Gasteiger partial charge in [0.2, 0.25) is 0 Å². The Morgan fingerprint density at radius 2 is 1.81 bits per heavy atom. The standard InChI is InChI=1S/C21H21NO4/c1-26-20-8-4-15(5-9-20)16-11-18(13-19(23)12-16)22-17-6-2-14(3-7-17)10-21(24)25/h2-9,13,16,22H,10-12H2,1H3,(H,24,25). The number of carbonyl (C=O) groups excluding carboxylic acids is 1. The predicted molar refractivity (Wildman–Crippen MR) is 99.5 cm³/mol. The molecule has 0 heterocycles. The molecule has 1 atom stereocenters. The lowest BCUT2D eigenvalue weighted by Crippen LogP contribution is -2.16. The van der Waals surface area contributed by atoms with Crippen molar-refractivity contribution < 1.29 is 19.4 Å². The Labute approximate surface area is 152 Å². The van der Waals surface area contributed by atoms with Crippen LogP contribution in [0.2, 0.25) is 0 Å². The summed E-state index contributed by atoms with van der Waals surface area (Å²) in [5.41, 5.74) is 3.57. The highest BCUT2D eigenvalue weighted by Crippen LogP contribution is 2.32. The van der Waals surface area contributed by atoms with Crippen LogP contribution < -0.4 is 10.1 Å². The molecule has 5 heteroatoms.